The molecule has 1 heterocycles. The van der Waals surface area contributed by atoms with Gasteiger partial charge in [-0.2, -0.15) is 5.10 Å². The lowest BCUT2D eigenvalue weighted by Crippen LogP contribution is -2.22. The summed E-state index contributed by atoms with van der Waals surface area (Å²) in [4.78, 5) is 22.8. The second-order valence-electron chi connectivity index (χ2n) is 5.04. The monoisotopic (exact) mass is 345 g/mol. The number of carbonyl (C=O) groups excluding carboxylic acids is 2. The molecule has 2 aromatic rings. The molecule has 0 saturated heterocycles. The van der Waals surface area contributed by atoms with Gasteiger partial charge in [-0.3, -0.25) is 14.7 Å². The average molecular weight is 345 g/mol. The van der Waals surface area contributed by atoms with Crippen molar-refractivity contribution in [3.63, 3.8) is 0 Å². The molecule has 0 atom stereocenters. The number of aromatic amines is 1. The van der Waals surface area contributed by atoms with E-state index in [0.29, 0.717) is 29.4 Å². The van der Waals surface area contributed by atoms with Crippen molar-refractivity contribution in [3.8, 4) is 0 Å². The van der Waals surface area contributed by atoms with Gasteiger partial charge in [-0.1, -0.05) is 12.1 Å². The Morgan fingerprint density at radius 1 is 1.33 bits per heavy atom. The first kappa shape index (κ1) is 17.6. The van der Waals surface area contributed by atoms with E-state index in [4.69, 9.17) is 12.2 Å². The van der Waals surface area contributed by atoms with E-state index in [2.05, 4.69) is 20.8 Å². The Hall–Kier alpha value is -2.74. The van der Waals surface area contributed by atoms with E-state index in [-0.39, 0.29) is 11.8 Å². The second kappa shape index (κ2) is 8.21. The van der Waals surface area contributed by atoms with Crippen LogP contribution in [0, 0.1) is 4.77 Å². The van der Waals surface area contributed by atoms with E-state index in [9.17, 15) is 9.59 Å². The van der Waals surface area contributed by atoms with Crippen molar-refractivity contribution in [2.24, 2.45) is 0 Å². The van der Waals surface area contributed by atoms with Gasteiger partial charge in [0.05, 0.1) is 6.54 Å². The summed E-state index contributed by atoms with van der Waals surface area (Å²) in [6.45, 7) is 4.40. The van der Waals surface area contributed by atoms with E-state index in [1.54, 1.807) is 18.2 Å². The van der Waals surface area contributed by atoms with Gasteiger partial charge in [-0.25, -0.2) is 0 Å². The largest absolute Gasteiger partial charge is 0.345 e. The Bertz CT molecular complexity index is 805. The van der Waals surface area contributed by atoms with Crippen LogP contribution in [0.2, 0.25) is 0 Å². The molecule has 1 aromatic heterocycles. The first-order chi connectivity index (χ1) is 11.5. The summed E-state index contributed by atoms with van der Waals surface area (Å²) in [5, 5.41) is 12.2. The summed E-state index contributed by atoms with van der Waals surface area (Å²) in [6, 6.07) is 7.19. The highest BCUT2D eigenvalue weighted by Crippen LogP contribution is 2.10. The smallest absolute Gasteiger partial charge is 0.244 e. The predicted octanol–water partition coefficient (Wildman–Crippen LogP) is 2.25. The number of amides is 2. The first-order valence-electron chi connectivity index (χ1n) is 7.47. The number of benzene rings is 1. The molecule has 2 amide bonds. The molecule has 1 aromatic carbocycles. The molecular formula is C16H19N5O2S. The number of aromatic nitrogens is 3. The maximum atomic E-state index is 11.9. The fraction of sp³-hybridized carbons (Fsp3) is 0.250. The highest BCUT2D eigenvalue weighted by molar-refractivity contribution is 7.71. The van der Waals surface area contributed by atoms with Crippen molar-refractivity contribution in [1.29, 1.82) is 0 Å². The maximum Gasteiger partial charge on any atom is 0.244 e. The zero-order chi connectivity index (χ0) is 17.5. The third-order valence-corrected chi connectivity index (χ3v) is 3.54. The van der Waals surface area contributed by atoms with Crippen LogP contribution in [-0.2, 0) is 22.7 Å². The highest BCUT2D eigenvalue weighted by Gasteiger charge is 2.05. The summed E-state index contributed by atoms with van der Waals surface area (Å²) in [6.07, 6.45) is 3.15. The zero-order valence-corrected chi connectivity index (χ0v) is 14.3. The van der Waals surface area contributed by atoms with Gasteiger partial charge < -0.3 is 15.2 Å². The molecule has 2 rings (SSSR count). The minimum absolute atomic E-state index is 0.123. The Morgan fingerprint density at radius 2 is 2.04 bits per heavy atom. The second-order valence-corrected chi connectivity index (χ2v) is 5.43. The van der Waals surface area contributed by atoms with Crippen LogP contribution < -0.4 is 10.6 Å². The molecule has 0 bridgehead atoms. The molecule has 0 aliphatic carbocycles. The molecule has 7 nitrogen and oxygen atoms in total. The van der Waals surface area contributed by atoms with E-state index < -0.39 is 0 Å². The Morgan fingerprint density at radius 3 is 2.67 bits per heavy atom. The van der Waals surface area contributed by atoms with E-state index in [1.807, 2.05) is 23.6 Å². The molecule has 0 aliphatic heterocycles. The highest BCUT2D eigenvalue weighted by atomic mass is 32.1. The lowest BCUT2D eigenvalue weighted by atomic mass is 10.2. The molecule has 3 N–H and O–H groups in total. The zero-order valence-electron chi connectivity index (χ0n) is 13.5. The fourth-order valence-corrected chi connectivity index (χ4v) is 2.37. The van der Waals surface area contributed by atoms with Gasteiger partial charge >= 0.3 is 0 Å². The third kappa shape index (κ3) is 4.88. The molecular weight excluding hydrogens is 326 g/mol. The van der Waals surface area contributed by atoms with Gasteiger partial charge in [0.15, 0.2) is 10.6 Å². The number of H-pyrrole nitrogens is 1. The van der Waals surface area contributed by atoms with Crippen molar-refractivity contribution in [2.75, 3.05) is 5.32 Å². The lowest BCUT2D eigenvalue weighted by Gasteiger charge is -2.04. The SMILES string of the molecule is CCn1c(CNC(=O)C=Cc2ccc(NC(C)=O)cc2)n[nH]c1=S. The number of carbonyl (C=O) groups is 2. The summed E-state index contributed by atoms with van der Waals surface area (Å²) in [5.41, 5.74) is 1.57. The number of hydrogen-bond acceptors (Lipinski definition) is 4. The molecule has 0 saturated carbocycles. The van der Waals surface area contributed by atoms with E-state index in [0.717, 1.165) is 5.56 Å². The van der Waals surface area contributed by atoms with Gasteiger partial charge in [0, 0.05) is 25.2 Å². The predicted molar refractivity (Wildman–Crippen MR) is 94.7 cm³/mol. The van der Waals surface area contributed by atoms with Crippen molar-refractivity contribution >= 4 is 35.8 Å². The normalized spacial score (nSPS) is 10.8. The van der Waals surface area contributed by atoms with Gasteiger partial charge in [-0.05, 0) is 42.9 Å². The van der Waals surface area contributed by atoms with Crippen LogP contribution in [-0.4, -0.2) is 26.6 Å². The average Bonchev–Trinajstić information content (AvgIpc) is 2.91. The number of rotatable bonds is 6. The number of nitrogens with zero attached hydrogens (tertiary/aromatic N) is 2. The summed E-state index contributed by atoms with van der Waals surface area (Å²) < 4.78 is 2.36. The van der Waals surface area contributed by atoms with Crippen LogP contribution in [0.25, 0.3) is 6.08 Å². The van der Waals surface area contributed by atoms with E-state index in [1.165, 1.54) is 13.0 Å². The Labute approximate surface area is 144 Å². The van der Waals surface area contributed by atoms with Crippen LogP contribution in [0.15, 0.2) is 30.3 Å². The molecule has 126 valence electrons. The number of hydrogen-bond donors (Lipinski definition) is 3. The molecule has 24 heavy (non-hydrogen) atoms. The van der Waals surface area contributed by atoms with Crippen LogP contribution in [0.3, 0.4) is 0 Å². The van der Waals surface area contributed by atoms with Crippen molar-refractivity contribution in [3.05, 3.63) is 46.5 Å². The third-order valence-electron chi connectivity index (χ3n) is 3.23. The van der Waals surface area contributed by atoms with Crippen LogP contribution in [0.5, 0.6) is 0 Å². The summed E-state index contributed by atoms with van der Waals surface area (Å²) in [7, 11) is 0. The van der Waals surface area contributed by atoms with Gasteiger partial charge in [0.2, 0.25) is 11.8 Å². The minimum Gasteiger partial charge on any atom is -0.345 e. The molecule has 0 radical (unpaired) electrons. The van der Waals surface area contributed by atoms with Gasteiger partial charge in [-0.15, -0.1) is 0 Å². The lowest BCUT2D eigenvalue weighted by molar-refractivity contribution is -0.116. The van der Waals surface area contributed by atoms with Crippen molar-refractivity contribution < 1.29 is 9.59 Å². The van der Waals surface area contributed by atoms with Crippen LogP contribution in [0.4, 0.5) is 5.69 Å². The topological polar surface area (TPSA) is 91.8 Å². The van der Waals surface area contributed by atoms with Crippen molar-refractivity contribution in [2.45, 2.75) is 26.9 Å². The summed E-state index contributed by atoms with van der Waals surface area (Å²) >= 11 is 5.10. The van der Waals surface area contributed by atoms with Crippen molar-refractivity contribution in [1.82, 2.24) is 20.1 Å². The molecule has 0 aliphatic rings. The maximum absolute atomic E-state index is 11.9. The van der Waals surface area contributed by atoms with Gasteiger partial charge in [0.1, 0.15) is 0 Å². The fourth-order valence-electron chi connectivity index (χ4n) is 2.09. The Kier molecular flexibility index (Phi) is 6.02. The molecule has 8 heteroatoms. The number of anilines is 1. The molecule has 0 unspecified atom stereocenters. The van der Waals surface area contributed by atoms with Crippen LogP contribution in [0.1, 0.15) is 25.2 Å². The molecule has 0 fully saturated rings. The quantitative estimate of drug-likeness (QED) is 0.553. The van der Waals surface area contributed by atoms with Gasteiger partial charge in [0.25, 0.3) is 0 Å². The van der Waals surface area contributed by atoms with Crippen LogP contribution >= 0.6 is 12.2 Å². The molecule has 0 spiro atoms. The van der Waals surface area contributed by atoms with E-state index >= 15 is 0 Å². The summed E-state index contributed by atoms with van der Waals surface area (Å²) in [5.74, 6) is 0.337. The number of nitrogens with one attached hydrogen (secondary N) is 3. The first-order valence-corrected chi connectivity index (χ1v) is 7.88. The Balaban J connectivity index is 1.90. The standard InChI is InChI=1S/C16H19N5O2S/c1-3-21-14(19-20-16(21)24)10-17-15(23)9-6-12-4-7-13(8-5-12)18-11(2)22/h4-9H,3,10H2,1-2H3,(H,17,23)(H,18,22)(H,20,24). The minimum atomic E-state index is -0.225.